The molecule has 3 N–H and O–H groups in total. The molecule has 1 fully saturated rings. The molecule has 0 saturated heterocycles. The molecule has 1 saturated carbocycles. The Morgan fingerprint density at radius 2 is 2.03 bits per heavy atom. The van der Waals surface area contributed by atoms with Crippen molar-refractivity contribution in [3.63, 3.8) is 0 Å². The Hall–Kier alpha value is -2.73. The normalized spacial score (nSPS) is 16.4. The van der Waals surface area contributed by atoms with Crippen LogP contribution in [0, 0.1) is 17.2 Å². The van der Waals surface area contributed by atoms with Gasteiger partial charge < -0.3 is 10.1 Å². The highest BCUT2D eigenvalue weighted by Gasteiger charge is 2.26. The molecule has 1 aromatic carbocycles. The van der Waals surface area contributed by atoms with Crippen LogP contribution in [0.3, 0.4) is 0 Å². The summed E-state index contributed by atoms with van der Waals surface area (Å²) in [5.41, 5.74) is 3.91. The standard InChI is InChI=1S/C21H22N4O3S/c1-13(11-22)20(12-26)25-29(27,28)16-6-4-14(5-7-16)17-8-9-23-21-18(17)10-19(24-21)15-2-3-15/h4-10,13,15,20,25-26H,2-3,12H2,1H3,(H,23,24). The highest BCUT2D eigenvalue weighted by atomic mass is 32.2. The maximum Gasteiger partial charge on any atom is 0.240 e. The second kappa shape index (κ2) is 7.59. The molecule has 0 amide bonds. The highest BCUT2D eigenvalue weighted by molar-refractivity contribution is 7.89. The maximum absolute atomic E-state index is 12.6. The first-order valence-electron chi connectivity index (χ1n) is 9.54. The number of pyridine rings is 1. The van der Waals surface area contributed by atoms with E-state index in [1.54, 1.807) is 25.3 Å². The summed E-state index contributed by atoms with van der Waals surface area (Å²) in [6.45, 7) is 1.12. The van der Waals surface area contributed by atoms with Gasteiger partial charge in [-0.25, -0.2) is 18.1 Å². The molecule has 29 heavy (non-hydrogen) atoms. The zero-order valence-corrected chi connectivity index (χ0v) is 16.8. The van der Waals surface area contributed by atoms with E-state index >= 15 is 0 Å². The van der Waals surface area contributed by atoms with Crippen molar-refractivity contribution >= 4 is 21.1 Å². The van der Waals surface area contributed by atoms with Crippen molar-refractivity contribution in [2.45, 2.75) is 36.6 Å². The number of aromatic nitrogens is 2. The third-order valence-electron chi connectivity index (χ3n) is 5.36. The summed E-state index contributed by atoms with van der Waals surface area (Å²) in [6.07, 6.45) is 4.13. The summed E-state index contributed by atoms with van der Waals surface area (Å²) in [4.78, 5) is 7.88. The van der Waals surface area contributed by atoms with Gasteiger partial charge >= 0.3 is 0 Å². The molecule has 0 bridgehead atoms. The Labute approximate surface area is 169 Å². The number of nitrogens with zero attached hydrogens (tertiary/aromatic N) is 2. The fourth-order valence-electron chi connectivity index (χ4n) is 3.38. The van der Waals surface area contributed by atoms with Crippen LogP contribution in [0.5, 0.6) is 0 Å². The van der Waals surface area contributed by atoms with Crippen LogP contribution in [-0.2, 0) is 10.0 Å². The molecule has 0 radical (unpaired) electrons. The zero-order valence-electron chi connectivity index (χ0n) is 16.0. The molecule has 3 aromatic rings. The minimum Gasteiger partial charge on any atom is -0.395 e. The molecule has 7 nitrogen and oxygen atoms in total. The summed E-state index contributed by atoms with van der Waals surface area (Å²) in [5, 5.41) is 19.4. The lowest BCUT2D eigenvalue weighted by molar-refractivity contribution is 0.237. The number of aromatic amines is 1. The number of sulfonamides is 1. The second-order valence-corrected chi connectivity index (χ2v) is 9.19. The number of hydrogen-bond acceptors (Lipinski definition) is 5. The van der Waals surface area contributed by atoms with Crippen molar-refractivity contribution in [2.24, 2.45) is 5.92 Å². The molecular formula is C21H22N4O3S. The summed E-state index contributed by atoms with van der Waals surface area (Å²) in [5.74, 6) is -0.0562. The largest absolute Gasteiger partial charge is 0.395 e. The second-order valence-electron chi connectivity index (χ2n) is 7.47. The fraction of sp³-hybridized carbons (Fsp3) is 0.333. The predicted octanol–water partition coefficient (Wildman–Crippen LogP) is 2.91. The average Bonchev–Trinajstić information content (AvgIpc) is 3.49. The summed E-state index contributed by atoms with van der Waals surface area (Å²) in [7, 11) is -3.85. The fourth-order valence-corrected chi connectivity index (χ4v) is 4.69. The first-order chi connectivity index (χ1) is 13.9. The summed E-state index contributed by atoms with van der Waals surface area (Å²) >= 11 is 0. The summed E-state index contributed by atoms with van der Waals surface area (Å²) < 4.78 is 27.6. The van der Waals surface area contributed by atoms with Crippen LogP contribution < -0.4 is 4.72 Å². The predicted molar refractivity (Wildman–Crippen MR) is 109 cm³/mol. The van der Waals surface area contributed by atoms with E-state index in [1.807, 2.05) is 12.1 Å². The SMILES string of the molecule is CC(C#N)C(CO)NS(=O)(=O)c1ccc(-c2ccnc3[nH]c(C4CC4)cc23)cc1. The Morgan fingerprint density at radius 3 is 2.66 bits per heavy atom. The van der Waals surface area contributed by atoms with Gasteiger partial charge in [0.1, 0.15) is 5.65 Å². The van der Waals surface area contributed by atoms with Crippen LogP contribution in [0.2, 0.25) is 0 Å². The lowest BCUT2D eigenvalue weighted by Gasteiger charge is -2.18. The van der Waals surface area contributed by atoms with Crippen LogP contribution in [0.15, 0.2) is 47.5 Å². The number of aliphatic hydroxyl groups is 1. The Bertz CT molecular complexity index is 1170. The van der Waals surface area contributed by atoms with Gasteiger partial charge in [-0.15, -0.1) is 0 Å². The number of nitrogens with one attached hydrogen (secondary N) is 2. The number of H-pyrrole nitrogens is 1. The molecule has 4 rings (SSSR count). The van der Waals surface area contributed by atoms with Crippen molar-refractivity contribution in [1.82, 2.24) is 14.7 Å². The number of benzene rings is 1. The Kier molecular flexibility index (Phi) is 5.13. The third kappa shape index (κ3) is 3.90. The number of aliphatic hydroxyl groups excluding tert-OH is 1. The van der Waals surface area contributed by atoms with Crippen LogP contribution in [0.4, 0.5) is 0 Å². The molecule has 2 heterocycles. The highest BCUT2D eigenvalue weighted by Crippen LogP contribution is 2.41. The van der Waals surface area contributed by atoms with Gasteiger partial charge in [0.15, 0.2) is 0 Å². The Morgan fingerprint density at radius 1 is 1.31 bits per heavy atom. The number of nitriles is 1. The monoisotopic (exact) mass is 410 g/mol. The molecule has 2 aromatic heterocycles. The van der Waals surface area contributed by atoms with Crippen molar-refractivity contribution in [3.05, 3.63) is 48.3 Å². The van der Waals surface area contributed by atoms with Crippen molar-refractivity contribution in [3.8, 4) is 17.2 Å². The molecule has 2 atom stereocenters. The van der Waals surface area contributed by atoms with Crippen LogP contribution in [0.25, 0.3) is 22.2 Å². The van der Waals surface area contributed by atoms with Gasteiger partial charge in [0.25, 0.3) is 0 Å². The molecule has 0 spiro atoms. The van der Waals surface area contributed by atoms with Gasteiger partial charge in [0.05, 0.1) is 29.5 Å². The van der Waals surface area contributed by atoms with Crippen LogP contribution in [-0.4, -0.2) is 36.1 Å². The number of rotatable bonds is 7. The average molecular weight is 410 g/mol. The van der Waals surface area contributed by atoms with Crippen LogP contribution in [0.1, 0.15) is 31.4 Å². The van der Waals surface area contributed by atoms with E-state index in [0.29, 0.717) is 5.92 Å². The quantitative estimate of drug-likeness (QED) is 0.553. The zero-order chi connectivity index (χ0) is 20.6. The van der Waals surface area contributed by atoms with E-state index in [-0.39, 0.29) is 4.90 Å². The van der Waals surface area contributed by atoms with E-state index in [1.165, 1.54) is 30.7 Å². The van der Waals surface area contributed by atoms with Gasteiger partial charge in [-0.2, -0.15) is 5.26 Å². The molecule has 150 valence electrons. The minimum atomic E-state index is -3.85. The van der Waals surface area contributed by atoms with E-state index in [4.69, 9.17) is 5.26 Å². The first-order valence-corrected chi connectivity index (χ1v) is 11.0. The van der Waals surface area contributed by atoms with Gasteiger partial charge in [0, 0.05) is 17.3 Å². The Balaban J connectivity index is 1.63. The van der Waals surface area contributed by atoms with E-state index in [0.717, 1.165) is 22.2 Å². The lowest BCUT2D eigenvalue weighted by atomic mass is 10.0. The smallest absolute Gasteiger partial charge is 0.240 e. The molecule has 8 heteroatoms. The topological polar surface area (TPSA) is 119 Å². The molecule has 2 unspecified atom stereocenters. The molecule has 1 aliphatic carbocycles. The summed E-state index contributed by atoms with van der Waals surface area (Å²) in [6, 6.07) is 11.7. The minimum absolute atomic E-state index is 0.0860. The maximum atomic E-state index is 12.6. The van der Waals surface area contributed by atoms with Gasteiger partial charge in [-0.05, 0) is 61.1 Å². The molecule has 0 aliphatic heterocycles. The van der Waals surface area contributed by atoms with E-state index in [2.05, 4.69) is 20.8 Å². The molecular weight excluding hydrogens is 388 g/mol. The molecule has 1 aliphatic rings. The van der Waals surface area contributed by atoms with Gasteiger partial charge in [-0.3, -0.25) is 0 Å². The number of fused-ring (bicyclic) bond motifs is 1. The van der Waals surface area contributed by atoms with E-state index in [9.17, 15) is 13.5 Å². The van der Waals surface area contributed by atoms with Crippen molar-refractivity contribution in [1.29, 1.82) is 5.26 Å². The van der Waals surface area contributed by atoms with Crippen molar-refractivity contribution < 1.29 is 13.5 Å². The van der Waals surface area contributed by atoms with Gasteiger partial charge in [0.2, 0.25) is 10.0 Å². The van der Waals surface area contributed by atoms with E-state index < -0.39 is 28.6 Å². The van der Waals surface area contributed by atoms with Crippen molar-refractivity contribution in [2.75, 3.05) is 6.61 Å². The third-order valence-corrected chi connectivity index (χ3v) is 6.86. The first kappa shape index (κ1) is 19.6. The van der Waals surface area contributed by atoms with Crippen LogP contribution >= 0.6 is 0 Å². The lowest BCUT2D eigenvalue weighted by Crippen LogP contribution is -2.41. The van der Waals surface area contributed by atoms with Gasteiger partial charge in [-0.1, -0.05) is 12.1 Å². The number of hydrogen-bond donors (Lipinski definition) is 3.